The first-order chi connectivity index (χ1) is 14.3. The molecule has 3 aromatic carbocycles. The molecule has 0 saturated carbocycles. The lowest BCUT2D eigenvalue weighted by molar-refractivity contribution is 0.290. The topological polar surface area (TPSA) is 46.5 Å². The van der Waals surface area contributed by atoms with E-state index in [9.17, 15) is 4.39 Å². The summed E-state index contributed by atoms with van der Waals surface area (Å²) < 4.78 is 19.2. The van der Waals surface area contributed by atoms with Gasteiger partial charge in [0.2, 0.25) is 5.13 Å². The van der Waals surface area contributed by atoms with E-state index in [0.29, 0.717) is 0 Å². The van der Waals surface area contributed by atoms with Gasteiger partial charge in [0.1, 0.15) is 6.61 Å². The van der Waals surface area contributed by atoms with Gasteiger partial charge in [-0.1, -0.05) is 60.7 Å². The van der Waals surface area contributed by atoms with Gasteiger partial charge in [-0.25, -0.2) is 9.37 Å². The average molecular weight is 403 g/mol. The van der Waals surface area contributed by atoms with E-state index in [1.165, 1.54) is 17.4 Å². The maximum absolute atomic E-state index is 13.7. The molecule has 4 nitrogen and oxygen atoms in total. The number of nitrogens with zero attached hydrogens (tertiary/aromatic N) is 2. The van der Waals surface area contributed by atoms with Crippen molar-refractivity contribution in [2.75, 3.05) is 5.43 Å². The van der Waals surface area contributed by atoms with Gasteiger partial charge in [-0.05, 0) is 29.3 Å². The number of anilines is 1. The molecule has 1 N–H and O–H groups in total. The SMILES string of the molecule is Fc1ccccc1OCc1cccc(C=NNc2nc(-c3ccccc3)cs2)c1. The van der Waals surface area contributed by atoms with Crippen molar-refractivity contribution in [1.29, 1.82) is 0 Å². The van der Waals surface area contributed by atoms with Gasteiger partial charge in [0.05, 0.1) is 11.9 Å². The molecular formula is C23H18FN3OS. The molecule has 0 fully saturated rings. The number of hydrazone groups is 1. The van der Waals surface area contributed by atoms with Gasteiger partial charge >= 0.3 is 0 Å². The molecule has 29 heavy (non-hydrogen) atoms. The first kappa shape index (κ1) is 18.8. The summed E-state index contributed by atoms with van der Waals surface area (Å²) in [6, 6.07) is 24.1. The van der Waals surface area contributed by atoms with E-state index in [1.54, 1.807) is 24.4 Å². The number of benzene rings is 3. The Hall–Kier alpha value is -3.51. The van der Waals surface area contributed by atoms with Crippen LogP contribution in [0.4, 0.5) is 9.52 Å². The number of nitrogens with one attached hydrogen (secondary N) is 1. The van der Waals surface area contributed by atoms with Crippen LogP contribution in [0, 0.1) is 5.82 Å². The van der Waals surface area contributed by atoms with E-state index >= 15 is 0 Å². The lowest BCUT2D eigenvalue weighted by atomic mass is 10.1. The van der Waals surface area contributed by atoms with Crippen molar-refractivity contribution in [3.63, 3.8) is 0 Å². The molecule has 0 spiro atoms. The second-order valence-electron chi connectivity index (χ2n) is 6.24. The van der Waals surface area contributed by atoms with Crippen LogP contribution in [-0.2, 0) is 6.61 Å². The maximum Gasteiger partial charge on any atom is 0.203 e. The molecule has 1 aromatic heterocycles. The molecule has 0 atom stereocenters. The molecule has 1 heterocycles. The number of ether oxygens (including phenoxy) is 1. The highest BCUT2D eigenvalue weighted by atomic mass is 32.1. The van der Waals surface area contributed by atoms with Crippen molar-refractivity contribution < 1.29 is 9.13 Å². The van der Waals surface area contributed by atoms with Crippen LogP contribution >= 0.6 is 11.3 Å². The third-order valence-corrected chi connectivity index (χ3v) is 4.88. The Balaban J connectivity index is 1.36. The van der Waals surface area contributed by atoms with Crippen LogP contribution in [0.5, 0.6) is 5.75 Å². The van der Waals surface area contributed by atoms with Crippen LogP contribution in [0.2, 0.25) is 0 Å². The molecule has 0 radical (unpaired) electrons. The van der Waals surface area contributed by atoms with Gasteiger partial charge in [0.25, 0.3) is 0 Å². The van der Waals surface area contributed by atoms with Crippen LogP contribution in [0.3, 0.4) is 0 Å². The van der Waals surface area contributed by atoms with Gasteiger partial charge in [-0.15, -0.1) is 11.3 Å². The largest absolute Gasteiger partial charge is 0.486 e. The zero-order valence-corrected chi connectivity index (χ0v) is 16.3. The number of hydrogen-bond acceptors (Lipinski definition) is 5. The lowest BCUT2D eigenvalue weighted by Crippen LogP contribution is -1.98. The summed E-state index contributed by atoms with van der Waals surface area (Å²) in [6.07, 6.45) is 1.72. The van der Waals surface area contributed by atoms with Crippen molar-refractivity contribution >= 4 is 22.7 Å². The van der Waals surface area contributed by atoms with Crippen molar-refractivity contribution in [2.24, 2.45) is 5.10 Å². The van der Waals surface area contributed by atoms with Crippen molar-refractivity contribution in [3.05, 3.63) is 101 Å². The number of para-hydroxylation sites is 1. The third-order valence-electron chi connectivity index (χ3n) is 4.13. The molecule has 0 aliphatic heterocycles. The van der Waals surface area contributed by atoms with Gasteiger partial charge in [0.15, 0.2) is 11.6 Å². The molecule has 0 amide bonds. The summed E-state index contributed by atoms with van der Waals surface area (Å²) in [7, 11) is 0. The molecule has 0 saturated heterocycles. The molecule has 144 valence electrons. The van der Waals surface area contributed by atoms with E-state index in [-0.39, 0.29) is 18.2 Å². The molecule has 4 rings (SSSR count). The first-order valence-corrected chi connectivity index (χ1v) is 9.92. The minimum atomic E-state index is -0.368. The predicted molar refractivity (Wildman–Crippen MR) is 116 cm³/mol. The lowest BCUT2D eigenvalue weighted by Gasteiger charge is -2.07. The molecule has 0 unspecified atom stereocenters. The summed E-state index contributed by atoms with van der Waals surface area (Å²) in [6.45, 7) is 0.281. The standard InChI is InChI=1S/C23H18FN3OS/c24-20-11-4-5-12-22(20)28-15-18-8-6-7-17(13-18)14-25-27-23-26-21(16-29-23)19-9-2-1-3-10-19/h1-14,16H,15H2,(H,26,27). The minimum absolute atomic E-state index is 0.242. The highest BCUT2D eigenvalue weighted by molar-refractivity contribution is 7.14. The molecule has 4 aromatic rings. The molecule has 0 bridgehead atoms. The zero-order chi connectivity index (χ0) is 19.9. The van der Waals surface area contributed by atoms with Gasteiger partial charge < -0.3 is 4.74 Å². The van der Waals surface area contributed by atoms with E-state index in [1.807, 2.05) is 60.0 Å². The van der Waals surface area contributed by atoms with E-state index in [4.69, 9.17) is 4.74 Å². The minimum Gasteiger partial charge on any atom is -0.486 e. The van der Waals surface area contributed by atoms with Crippen molar-refractivity contribution in [2.45, 2.75) is 6.61 Å². The summed E-state index contributed by atoms with van der Waals surface area (Å²) in [5, 5.41) is 6.98. The van der Waals surface area contributed by atoms with E-state index in [0.717, 1.165) is 27.5 Å². The third kappa shape index (κ3) is 5.06. The van der Waals surface area contributed by atoms with Crippen molar-refractivity contribution in [3.8, 4) is 17.0 Å². The number of thiazole rings is 1. The van der Waals surface area contributed by atoms with Crippen molar-refractivity contribution in [1.82, 2.24) is 4.98 Å². The Bertz CT molecular complexity index is 1110. The Kier molecular flexibility index (Phi) is 5.92. The van der Waals surface area contributed by atoms with Crippen LogP contribution in [0.25, 0.3) is 11.3 Å². The molecular weight excluding hydrogens is 385 g/mol. The second-order valence-corrected chi connectivity index (χ2v) is 7.10. The molecule has 0 aliphatic rings. The highest BCUT2D eigenvalue weighted by Crippen LogP contribution is 2.24. The predicted octanol–water partition coefficient (Wildman–Crippen LogP) is 5.97. The number of rotatable bonds is 7. The average Bonchev–Trinajstić information content (AvgIpc) is 3.23. The van der Waals surface area contributed by atoms with Gasteiger partial charge in [-0.3, -0.25) is 5.43 Å². The Morgan fingerprint density at radius 2 is 1.83 bits per heavy atom. The fourth-order valence-electron chi connectivity index (χ4n) is 2.71. The molecule has 0 aliphatic carbocycles. The summed E-state index contributed by atoms with van der Waals surface area (Å²) in [5.41, 5.74) is 6.79. The summed E-state index contributed by atoms with van der Waals surface area (Å²) in [4.78, 5) is 4.54. The molecule has 6 heteroatoms. The van der Waals surface area contributed by atoms with Crippen LogP contribution in [0.1, 0.15) is 11.1 Å². The van der Waals surface area contributed by atoms with Gasteiger partial charge in [0, 0.05) is 10.9 Å². The Morgan fingerprint density at radius 1 is 1.00 bits per heavy atom. The quantitative estimate of drug-likeness (QED) is 0.305. The van der Waals surface area contributed by atoms with Crippen LogP contribution in [0.15, 0.2) is 89.3 Å². The summed E-state index contributed by atoms with van der Waals surface area (Å²) >= 11 is 1.50. The highest BCUT2D eigenvalue weighted by Gasteiger charge is 2.04. The maximum atomic E-state index is 13.7. The van der Waals surface area contributed by atoms with Crippen LogP contribution < -0.4 is 10.2 Å². The second kappa shape index (κ2) is 9.12. The number of aromatic nitrogens is 1. The zero-order valence-electron chi connectivity index (χ0n) is 15.5. The monoisotopic (exact) mass is 403 g/mol. The summed E-state index contributed by atoms with van der Waals surface area (Å²) in [5.74, 6) is -0.126. The normalized spacial score (nSPS) is 10.9. The fourth-order valence-corrected chi connectivity index (χ4v) is 3.38. The van der Waals surface area contributed by atoms with E-state index < -0.39 is 0 Å². The number of halogens is 1. The Labute approximate surface area is 172 Å². The fraction of sp³-hybridized carbons (Fsp3) is 0.0435. The number of hydrogen-bond donors (Lipinski definition) is 1. The first-order valence-electron chi connectivity index (χ1n) is 9.04. The van der Waals surface area contributed by atoms with Crippen LogP contribution in [-0.4, -0.2) is 11.2 Å². The smallest absolute Gasteiger partial charge is 0.203 e. The van der Waals surface area contributed by atoms with Gasteiger partial charge in [-0.2, -0.15) is 5.10 Å². The Morgan fingerprint density at radius 3 is 2.69 bits per heavy atom. The van der Waals surface area contributed by atoms with E-state index in [2.05, 4.69) is 15.5 Å².